The first-order valence-corrected chi connectivity index (χ1v) is 8.85. The molecule has 0 bridgehead atoms. The highest BCUT2D eigenvalue weighted by atomic mass is 16.5. The largest absolute Gasteiger partial charge is 0.493 e. The average molecular weight is 334 g/mol. The topological polar surface area (TPSA) is 54.1 Å². The van der Waals surface area contributed by atoms with Crippen LogP contribution in [0.15, 0.2) is 54.6 Å². The van der Waals surface area contributed by atoms with Crippen LogP contribution in [-0.4, -0.2) is 23.5 Å². The highest BCUT2D eigenvalue weighted by molar-refractivity contribution is 5.85. The van der Waals surface area contributed by atoms with Crippen LogP contribution in [0.1, 0.15) is 24.1 Å². The molecular formula is C21H22N2O2. The van der Waals surface area contributed by atoms with Crippen molar-refractivity contribution in [1.82, 2.24) is 10.3 Å². The van der Waals surface area contributed by atoms with Crippen LogP contribution in [0.3, 0.4) is 0 Å². The summed E-state index contributed by atoms with van der Waals surface area (Å²) in [4.78, 5) is 15.7. The van der Waals surface area contributed by atoms with Gasteiger partial charge in [0.25, 0.3) is 0 Å². The number of hydrogen-bond acceptors (Lipinski definition) is 2. The maximum absolute atomic E-state index is 12.2. The molecule has 2 aromatic carbocycles. The number of aryl methyl sites for hydroxylation is 1. The summed E-state index contributed by atoms with van der Waals surface area (Å²) in [7, 11) is 0. The van der Waals surface area contributed by atoms with Gasteiger partial charge in [-0.25, -0.2) is 0 Å². The molecule has 0 saturated heterocycles. The van der Waals surface area contributed by atoms with E-state index in [-0.39, 0.29) is 11.9 Å². The summed E-state index contributed by atoms with van der Waals surface area (Å²) in [6.45, 7) is 0.404. The Morgan fingerprint density at radius 2 is 1.92 bits per heavy atom. The van der Waals surface area contributed by atoms with Crippen molar-refractivity contribution in [3.05, 3.63) is 65.9 Å². The van der Waals surface area contributed by atoms with E-state index in [2.05, 4.69) is 34.6 Å². The Bertz CT molecular complexity index is 870. The SMILES string of the molecule is O=C(CCOc1ccccc1)NC1CCc2[nH]c3ccccc3c2C1. The zero-order valence-electron chi connectivity index (χ0n) is 14.1. The minimum atomic E-state index is 0.0595. The minimum Gasteiger partial charge on any atom is -0.493 e. The molecule has 1 heterocycles. The molecule has 0 radical (unpaired) electrons. The summed E-state index contributed by atoms with van der Waals surface area (Å²) in [6.07, 6.45) is 3.23. The monoisotopic (exact) mass is 334 g/mol. The van der Waals surface area contributed by atoms with Gasteiger partial charge in [-0.3, -0.25) is 4.79 Å². The lowest BCUT2D eigenvalue weighted by atomic mass is 9.91. The lowest BCUT2D eigenvalue weighted by molar-refractivity contribution is -0.122. The molecule has 2 N–H and O–H groups in total. The molecule has 4 nitrogen and oxygen atoms in total. The second-order valence-corrected chi connectivity index (χ2v) is 6.55. The number of aromatic nitrogens is 1. The third-order valence-corrected chi connectivity index (χ3v) is 4.80. The van der Waals surface area contributed by atoms with Crippen LogP contribution >= 0.6 is 0 Å². The van der Waals surface area contributed by atoms with E-state index in [9.17, 15) is 4.79 Å². The molecule has 4 rings (SSSR count). The lowest BCUT2D eigenvalue weighted by Crippen LogP contribution is -2.39. The van der Waals surface area contributed by atoms with Crippen molar-refractivity contribution >= 4 is 16.8 Å². The standard InChI is InChI=1S/C21H22N2O2/c24-21(12-13-25-16-6-2-1-3-7-16)22-15-10-11-20-18(14-15)17-8-4-5-9-19(17)23-20/h1-9,15,23H,10-14H2,(H,22,24). The van der Waals surface area contributed by atoms with E-state index in [1.807, 2.05) is 30.3 Å². The second-order valence-electron chi connectivity index (χ2n) is 6.55. The summed E-state index contributed by atoms with van der Waals surface area (Å²) in [5.41, 5.74) is 3.86. The summed E-state index contributed by atoms with van der Waals surface area (Å²) in [6, 6.07) is 18.2. The van der Waals surface area contributed by atoms with Crippen LogP contribution in [0.4, 0.5) is 0 Å². The van der Waals surface area contributed by atoms with E-state index >= 15 is 0 Å². The highest BCUT2D eigenvalue weighted by Crippen LogP contribution is 2.29. The Hall–Kier alpha value is -2.75. The maximum Gasteiger partial charge on any atom is 0.223 e. The third-order valence-electron chi connectivity index (χ3n) is 4.80. The Morgan fingerprint density at radius 1 is 1.12 bits per heavy atom. The van der Waals surface area contributed by atoms with E-state index in [4.69, 9.17) is 4.74 Å². The van der Waals surface area contributed by atoms with Crippen LogP contribution in [-0.2, 0) is 17.6 Å². The summed E-state index contributed by atoms with van der Waals surface area (Å²) < 4.78 is 5.60. The molecule has 1 aliphatic carbocycles. The molecule has 1 atom stereocenters. The minimum absolute atomic E-state index is 0.0595. The first kappa shape index (κ1) is 15.8. The van der Waals surface area contributed by atoms with Gasteiger partial charge in [0.15, 0.2) is 0 Å². The highest BCUT2D eigenvalue weighted by Gasteiger charge is 2.23. The molecule has 0 aliphatic heterocycles. The number of rotatable bonds is 5. The van der Waals surface area contributed by atoms with Gasteiger partial charge in [-0.05, 0) is 43.0 Å². The van der Waals surface area contributed by atoms with Gasteiger partial charge in [-0.15, -0.1) is 0 Å². The predicted molar refractivity (Wildman–Crippen MR) is 98.8 cm³/mol. The van der Waals surface area contributed by atoms with E-state index in [1.54, 1.807) is 0 Å². The maximum atomic E-state index is 12.2. The number of H-pyrrole nitrogens is 1. The fourth-order valence-corrected chi connectivity index (χ4v) is 3.57. The van der Waals surface area contributed by atoms with Crippen LogP contribution in [0.25, 0.3) is 10.9 Å². The molecule has 3 aromatic rings. The second kappa shape index (κ2) is 7.01. The average Bonchev–Trinajstić information content (AvgIpc) is 3.01. The molecular weight excluding hydrogens is 312 g/mol. The Kier molecular flexibility index (Phi) is 4.42. The molecule has 128 valence electrons. The molecule has 0 spiro atoms. The Morgan fingerprint density at radius 3 is 2.80 bits per heavy atom. The number of nitrogens with one attached hydrogen (secondary N) is 2. The van der Waals surface area contributed by atoms with Crippen molar-refractivity contribution in [3.63, 3.8) is 0 Å². The number of fused-ring (bicyclic) bond motifs is 3. The van der Waals surface area contributed by atoms with Crippen molar-refractivity contribution in [2.75, 3.05) is 6.61 Å². The number of carbonyl (C=O) groups is 1. The molecule has 0 saturated carbocycles. The number of benzene rings is 2. The molecule has 0 fully saturated rings. The van der Waals surface area contributed by atoms with Gasteiger partial charge in [0.2, 0.25) is 5.91 Å². The summed E-state index contributed by atoms with van der Waals surface area (Å²) in [5.74, 6) is 0.862. The van der Waals surface area contributed by atoms with Gasteiger partial charge in [0, 0.05) is 22.6 Å². The van der Waals surface area contributed by atoms with E-state index in [0.717, 1.165) is 25.0 Å². The van der Waals surface area contributed by atoms with E-state index in [1.165, 1.54) is 22.2 Å². The van der Waals surface area contributed by atoms with Gasteiger partial charge in [-0.2, -0.15) is 0 Å². The molecule has 1 unspecified atom stereocenters. The van der Waals surface area contributed by atoms with Gasteiger partial charge >= 0.3 is 0 Å². The Balaban J connectivity index is 1.32. The van der Waals surface area contributed by atoms with Gasteiger partial charge in [0.1, 0.15) is 5.75 Å². The van der Waals surface area contributed by atoms with Crippen molar-refractivity contribution in [2.45, 2.75) is 31.7 Å². The van der Waals surface area contributed by atoms with E-state index in [0.29, 0.717) is 13.0 Å². The van der Waals surface area contributed by atoms with Crippen LogP contribution in [0.2, 0.25) is 0 Å². The normalized spacial score (nSPS) is 16.4. The first-order valence-electron chi connectivity index (χ1n) is 8.85. The van der Waals surface area contributed by atoms with Crippen molar-refractivity contribution in [2.24, 2.45) is 0 Å². The van der Waals surface area contributed by atoms with Gasteiger partial charge in [-0.1, -0.05) is 36.4 Å². The fraction of sp³-hybridized carbons (Fsp3) is 0.286. The number of amides is 1. The lowest BCUT2D eigenvalue weighted by Gasteiger charge is -2.23. The van der Waals surface area contributed by atoms with Gasteiger partial charge in [0.05, 0.1) is 13.0 Å². The van der Waals surface area contributed by atoms with Crippen LogP contribution in [0, 0.1) is 0 Å². The predicted octanol–water partition coefficient (Wildman–Crippen LogP) is 3.61. The van der Waals surface area contributed by atoms with E-state index < -0.39 is 0 Å². The number of carbonyl (C=O) groups excluding carboxylic acids is 1. The number of para-hydroxylation sites is 2. The fourth-order valence-electron chi connectivity index (χ4n) is 3.57. The smallest absolute Gasteiger partial charge is 0.223 e. The summed E-state index contributed by atoms with van der Waals surface area (Å²) >= 11 is 0. The van der Waals surface area contributed by atoms with Crippen LogP contribution < -0.4 is 10.1 Å². The van der Waals surface area contributed by atoms with Gasteiger partial charge < -0.3 is 15.0 Å². The number of ether oxygens (including phenoxy) is 1. The molecule has 1 amide bonds. The van der Waals surface area contributed by atoms with Crippen molar-refractivity contribution in [3.8, 4) is 5.75 Å². The molecule has 4 heteroatoms. The summed E-state index contributed by atoms with van der Waals surface area (Å²) in [5, 5.41) is 4.45. The number of hydrogen-bond donors (Lipinski definition) is 2. The number of aromatic amines is 1. The third kappa shape index (κ3) is 3.53. The zero-order chi connectivity index (χ0) is 17.1. The quantitative estimate of drug-likeness (QED) is 0.749. The zero-order valence-corrected chi connectivity index (χ0v) is 14.1. The van der Waals surface area contributed by atoms with Crippen LogP contribution in [0.5, 0.6) is 5.75 Å². The molecule has 1 aromatic heterocycles. The first-order chi connectivity index (χ1) is 12.3. The van der Waals surface area contributed by atoms with Crippen molar-refractivity contribution < 1.29 is 9.53 Å². The van der Waals surface area contributed by atoms with Crippen molar-refractivity contribution in [1.29, 1.82) is 0 Å². The molecule has 1 aliphatic rings. The Labute approximate surface area is 147 Å². The molecule has 25 heavy (non-hydrogen) atoms.